The highest BCUT2D eigenvalue weighted by molar-refractivity contribution is 9.10. The van der Waals surface area contributed by atoms with Crippen LogP contribution in [0.15, 0.2) is 28.7 Å². The van der Waals surface area contributed by atoms with Gasteiger partial charge >= 0.3 is 0 Å². The summed E-state index contributed by atoms with van der Waals surface area (Å²) in [6, 6.07) is 7.34. The zero-order chi connectivity index (χ0) is 17.4. The number of ketones is 1. The molecule has 0 fully saturated rings. The Hall–Kier alpha value is -1.20. The molecule has 23 heavy (non-hydrogen) atoms. The molecule has 0 spiro atoms. The van der Waals surface area contributed by atoms with Crippen LogP contribution in [0.25, 0.3) is 0 Å². The van der Waals surface area contributed by atoms with Crippen LogP contribution in [0.5, 0.6) is 0 Å². The Kier molecular flexibility index (Phi) is 8.48. The lowest BCUT2D eigenvalue weighted by Crippen LogP contribution is -2.40. The average Bonchev–Trinajstić information content (AvgIpc) is 2.48. The molecule has 1 aromatic rings. The molecule has 0 saturated heterocycles. The van der Waals surface area contributed by atoms with Crippen LogP contribution >= 0.6 is 15.9 Å². The van der Waals surface area contributed by atoms with Crippen molar-refractivity contribution in [2.45, 2.75) is 46.1 Å². The van der Waals surface area contributed by atoms with E-state index in [9.17, 15) is 9.59 Å². The summed E-state index contributed by atoms with van der Waals surface area (Å²) >= 11 is 3.37. The molecule has 1 rings (SSSR count). The van der Waals surface area contributed by atoms with Crippen molar-refractivity contribution in [1.82, 2.24) is 5.32 Å². The van der Waals surface area contributed by atoms with Crippen LogP contribution in [-0.4, -0.2) is 29.4 Å². The number of hydrogen-bond acceptors (Lipinski definition) is 3. The van der Waals surface area contributed by atoms with Crippen molar-refractivity contribution in [1.29, 1.82) is 0 Å². The maximum absolute atomic E-state index is 12.3. The molecule has 0 heterocycles. The van der Waals surface area contributed by atoms with Gasteiger partial charge in [-0.1, -0.05) is 41.9 Å². The van der Waals surface area contributed by atoms with Gasteiger partial charge in [0.2, 0.25) is 5.91 Å². The molecule has 0 aliphatic rings. The van der Waals surface area contributed by atoms with Crippen LogP contribution in [0.3, 0.4) is 0 Å². The lowest BCUT2D eigenvalue weighted by Gasteiger charge is -2.20. The number of nitrogens with one attached hydrogen (secondary N) is 1. The van der Waals surface area contributed by atoms with Crippen molar-refractivity contribution < 1.29 is 14.7 Å². The fraction of sp³-hybridized carbons (Fsp3) is 0.556. The number of carbonyl (C=O) groups is 2. The molecule has 0 aromatic heterocycles. The monoisotopic (exact) mass is 383 g/mol. The van der Waals surface area contributed by atoms with E-state index < -0.39 is 0 Å². The predicted octanol–water partition coefficient (Wildman–Crippen LogP) is 3.11. The minimum atomic E-state index is -0.341. The third-order valence-electron chi connectivity index (χ3n) is 3.58. The van der Waals surface area contributed by atoms with Crippen LogP contribution < -0.4 is 5.32 Å². The quantitative estimate of drug-likeness (QED) is 0.688. The van der Waals surface area contributed by atoms with Gasteiger partial charge in [0.05, 0.1) is 6.61 Å². The molecule has 0 aliphatic heterocycles. The minimum absolute atomic E-state index is 0.0600. The van der Waals surface area contributed by atoms with E-state index in [1.807, 2.05) is 38.1 Å². The van der Waals surface area contributed by atoms with Gasteiger partial charge in [-0.25, -0.2) is 0 Å². The van der Waals surface area contributed by atoms with Gasteiger partial charge in [0.25, 0.3) is 0 Å². The Bertz CT molecular complexity index is 514. The number of aliphatic hydroxyl groups is 1. The Morgan fingerprint density at radius 3 is 2.30 bits per heavy atom. The highest BCUT2D eigenvalue weighted by Gasteiger charge is 2.24. The Labute approximate surface area is 146 Å². The molecule has 1 amide bonds. The Balaban J connectivity index is 2.66. The van der Waals surface area contributed by atoms with E-state index in [-0.39, 0.29) is 36.7 Å². The Morgan fingerprint density at radius 2 is 1.78 bits per heavy atom. The molecular formula is C18H26BrNO3. The lowest BCUT2D eigenvalue weighted by molar-refractivity contribution is -0.130. The highest BCUT2D eigenvalue weighted by atomic mass is 79.9. The van der Waals surface area contributed by atoms with Crippen LogP contribution in [-0.2, 0) is 16.0 Å². The number of halogens is 1. The number of Topliss-reactive ketones (excluding diaryl/α,β-unsaturated/α-hetero) is 1. The smallest absolute Gasteiger partial charge is 0.223 e. The van der Waals surface area contributed by atoms with Crippen molar-refractivity contribution in [3.8, 4) is 0 Å². The van der Waals surface area contributed by atoms with E-state index >= 15 is 0 Å². The predicted molar refractivity (Wildman–Crippen MR) is 95.1 cm³/mol. The summed E-state index contributed by atoms with van der Waals surface area (Å²) in [4.78, 5) is 24.6. The number of aliphatic hydroxyl groups excluding tert-OH is 1. The molecule has 5 heteroatoms. The first-order valence-corrected chi connectivity index (χ1v) is 8.78. The molecule has 2 atom stereocenters. The van der Waals surface area contributed by atoms with Crippen molar-refractivity contribution in [2.24, 2.45) is 11.8 Å². The fourth-order valence-corrected chi connectivity index (χ4v) is 2.70. The van der Waals surface area contributed by atoms with Crippen molar-refractivity contribution in [2.75, 3.05) is 6.61 Å². The van der Waals surface area contributed by atoms with E-state index in [0.717, 1.165) is 10.0 Å². The van der Waals surface area contributed by atoms with Gasteiger partial charge in [-0.3, -0.25) is 9.59 Å². The molecular weight excluding hydrogens is 358 g/mol. The second-order valence-corrected chi connectivity index (χ2v) is 7.38. The van der Waals surface area contributed by atoms with Gasteiger partial charge < -0.3 is 10.4 Å². The summed E-state index contributed by atoms with van der Waals surface area (Å²) < 4.78 is 0.976. The van der Waals surface area contributed by atoms with Gasteiger partial charge in [-0.05, 0) is 37.0 Å². The largest absolute Gasteiger partial charge is 0.394 e. The molecule has 0 bridgehead atoms. The number of hydrogen-bond donors (Lipinski definition) is 2. The fourth-order valence-electron chi connectivity index (χ4n) is 2.44. The SMILES string of the molecule is CC(C)C[C@H](CC(=O)Cc1ccc(Br)cc1)C(=O)N[C@H](C)CO. The van der Waals surface area contributed by atoms with E-state index in [2.05, 4.69) is 21.2 Å². The molecule has 4 nitrogen and oxygen atoms in total. The van der Waals surface area contributed by atoms with E-state index in [1.165, 1.54) is 0 Å². The van der Waals surface area contributed by atoms with Crippen LogP contribution in [0.2, 0.25) is 0 Å². The topological polar surface area (TPSA) is 66.4 Å². The summed E-state index contributed by atoms with van der Waals surface area (Å²) in [5.74, 6) is -0.100. The summed E-state index contributed by atoms with van der Waals surface area (Å²) in [5, 5.41) is 11.8. The normalized spacial score (nSPS) is 13.7. The lowest BCUT2D eigenvalue weighted by atomic mass is 9.90. The first-order chi connectivity index (χ1) is 10.8. The summed E-state index contributed by atoms with van der Waals surface area (Å²) in [5.41, 5.74) is 0.950. The number of carbonyl (C=O) groups excluding carboxylic acids is 2. The van der Waals surface area contributed by atoms with Crippen molar-refractivity contribution in [3.05, 3.63) is 34.3 Å². The summed E-state index contributed by atoms with van der Waals surface area (Å²) in [7, 11) is 0. The molecule has 1 aromatic carbocycles. The first kappa shape index (κ1) is 19.8. The van der Waals surface area contributed by atoms with Gasteiger partial charge in [0.15, 0.2) is 0 Å². The van der Waals surface area contributed by atoms with Gasteiger partial charge in [-0.2, -0.15) is 0 Å². The maximum atomic E-state index is 12.3. The molecule has 0 saturated carbocycles. The van der Waals surface area contributed by atoms with Gasteiger partial charge in [-0.15, -0.1) is 0 Å². The molecule has 0 aliphatic carbocycles. The number of rotatable bonds is 9. The Morgan fingerprint density at radius 1 is 1.17 bits per heavy atom. The molecule has 0 radical (unpaired) electrons. The first-order valence-electron chi connectivity index (χ1n) is 7.99. The maximum Gasteiger partial charge on any atom is 0.223 e. The number of amides is 1. The van der Waals surface area contributed by atoms with E-state index in [1.54, 1.807) is 6.92 Å². The van der Waals surface area contributed by atoms with E-state index in [0.29, 0.717) is 18.8 Å². The van der Waals surface area contributed by atoms with Crippen molar-refractivity contribution >= 4 is 27.6 Å². The second kappa shape index (κ2) is 9.83. The zero-order valence-corrected chi connectivity index (χ0v) is 15.6. The van der Waals surface area contributed by atoms with Crippen LogP contribution in [0.1, 0.15) is 39.2 Å². The molecule has 2 N–H and O–H groups in total. The third kappa shape index (κ3) is 7.75. The average molecular weight is 384 g/mol. The highest BCUT2D eigenvalue weighted by Crippen LogP contribution is 2.18. The zero-order valence-electron chi connectivity index (χ0n) is 14.0. The minimum Gasteiger partial charge on any atom is -0.394 e. The van der Waals surface area contributed by atoms with Crippen LogP contribution in [0.4, 0.5) is 0 Å². The van der Waals surface area contributed by atoms with Gasteiger partial charge in [0.1, 0.15) is 5.78 Å². The molecule has 0 unspecified atom stereocenters. The van der Waals surface area contributed by atoms with Crippen molar-refractivity contribution in [3.63, 3.8) is 0 Å². The third-order valence-corrected chi connectivity index (χ3v) is 4.11. The standard InChI is InChI=1S/C18H26BrNO3/c1-12(2)8-15(18(23)20-13(3)11-21)10-17(22)9-14-4-6-16(19)7-5-14/h4-7,12-13,15,21H,8-11H2,1-3H3,(H,20,23)/t13-,15-/m1/s1. The summed E-state index contributed by atoms with van der Waals surface area (Å²) in [6.45, 7) is 5.71. The van der Waals surface area contributed by atoms with E-state index in [4.69, 9.17) is 5.11 Å². The molecule has 128 valence electrons. The second-order valence-electron chi connectivity index (χ2n) is 6.46. The van der Waals surface area contributed by atoms with Crippen LogP contribution in [0, 0.1) is 11.8 Å². The number of benzene rings is 1. The summed E-state index contributed by atoms with van der Waals surface area (Å²) in [6.07, 6.45) is 1.24. The van der Waals surface area contributed by atoms with Gasteiger partial charge in [0, 0.05) is 29.3 Å².